The van der Waals surface area contributed by atoms with Crippen molar-refractivity contribution in [2.24, 2.45) is 0 Å². The standard InChI is InChI=1S/C22H14N2O7/c25-20(13-30-16-10-8-14(9-11-16)24(28)29)31-17-5-3-4-15(12-17)23-21(26)18-6-1-2-7-19(18)22(23)27/h1-12H,13H2. The van der Waals surface area contributed by atoms with Crippen LogP contribution in [0.3, 0.4) is 0 Å². The van der Waals surface area contributed by atoms with Gasteiger partial charge in [-0.15, -0.1) is 0 Å². The topological polar surface area (TPSA) is 116 Å². The number of nitro groups is 1. The summed E-state index contributed by atoms with van der Waals surface area (Å²) >= 11 is 0. The molecule has 0 aromatic heterocycles. The maximum absolute atomic E-state index is 12.6. The van der Waals surface area contributed by atoms with Crippen LogP contribution in [-0.4, -0.2) is 29.3 Å². The molecule has 0 spiro atoms. The molecule has 4 rings (SSSR count). The van der Waals surface area contributed by atoms with Crippen LogP contribution in [0.5, 0.6) is 11.5 Å². The molecule has 154 valence electrons. The van der Waals surface area contributed by atoms with E-state index in [-0.39, 0.29) is 22.9 Å². The molecule has 3 aromatic carbocycles. The second-order valence-electron chi connectivity index (χ2n) is 6.50. The monoisotopic (exact) mass is 418 g/mol. The number of rotatable bonds is 6. The third-order valence-electron chi connectivity index (χ3n) is 4.51. The van der Waals surface area contributed by atoms with Gasteiger partial charge in [0.05, 0.1) is 21.7 Å². The summed E-state index contributed by atoms with van der Waals surface area (Å²) in [7, 11) is 0. The number of esters is 1. The van der Waals surface area contributed by atoms with Crippen molar-refractivity contribution in [3.05, 3.63) is 94.0 Å². The van der Waals surface area contributed by atoms with Crippen LogP contribution in [0.1, 0.15) is 20.7 Å². The van der Waals surface area contributed by atoms with Gasteiger partial charge in [-0.05, 0) is 36.4 Å². The summed E-state index contributed by atoms with van der Waals surface area (Å²) in [5, 5.41) is 10.7. The molecule has 1 aliphatic heterocycles. The fraction of sp³-hybridized carbons (Fsp3) is 0.0455. The van der Waals surface area contributed by atoms with E-state index in [9.17, 15) is 24.5 Å². The van der Waals surface area contributed by atoms with Crippen molar-refractivity contribution in [2.45, 2.75) is 0 Å². The molecule has 0 atom stereocenters. The second kappa shape index (κ2) is 8.07. The zero-order valence-corrected chi connectivity index (χ0v) is 15.9. The third-order valence-corrected chi connectivity index (χ3v) is 4.51. The highest BCUT2D eigenvalue weighted by Crippen LogP contribution is 2.30. The summed E-state index contributed by atoms with van der Waals surface area (Å²) in [5.41, 5.74) is 0.797. The lowest BCUT2D eigenvalue weighted by Crippen LogP contribution is -2.29. The fourth-order valence-corrected chi connectivity index (χ4v) is 3.08. The predicted octanol–water partition coefficient (Wildman–Crippen LogP) is 3.38. The van der Waals surface area contributed by atoms with Gasteiger partial charge in [0.2, 0.25) is 0 Å². The van der Waals surface area contributed by atoms with E-state index in [1.807, 2.05) is 0 Å². The number of carbonyl (C=O) groups is 3. The van der Waals surface area contributed by atoms with Crippen molar-refractivity contribution in [3.63, 3.8) is 0 Å². The van der Waals surface area contributed by atoms with E-state index >= 15 is 0 Å². The van der Waals surface area contributed by atoms with Gasteiger partial charge in [-0.25, -0.2) is 9.69 Å². The van der Waals surface area contributed by atoms with E-state index < -0.39 is 29.3 Å². The molecule has 2 amide bonds. The third kappa shape index (κ3) is 3.97. The average molecular weight is 418 g/mol. The normalized spacial score (nSPS) is 12.5. The van der Waals surface area contributed by atoms with E-state index in [1.165, 1.54) is 36.4 Å². The predicted molar refractivity (Wildman–Crippen MR) is 108 cm³/mol. The lowest BCUT2D eigenvalue weighted by molar-refractivity contribution is -0.384. The molecule has 0 bridgehead atoms. The molecule has 31 heavy (non-hydrogen) atoms. The fourth-order valence-electron chi connectivity index (χ4n) is 3.08. The Hall–Kier alpha value is -4.53. The lowest BCUT2D eigenvalue weighted by Gasteiger charge is -2.15. The van der Waals surface area contributed by atoms with Crippen LogP contribution >= 0.6 is 0 Å². The van der Waals surface area contributed by atoms with Crippen LogP contribution in [0.4, 0.5) is 11.4 Å². The Balaban J connectivity index is 1.42. The Morgan fingerprint density at radius 1 is 0.871 bits per heavy atom. The molecule has 0 fully saturated rings. The van der Waals surface area contributed by atoms with Crippen molar-refractivity contribution in [1.29, 1.82) is 0 Å². The van der Waals surface area contributed by atoms with Crippen molar-refractivity contribution < 1.29 is 28.8 Å². The minimum atomic E-state index is -0.724. The van der Waals surface area contributed by atoms with E-state index in [0.717, 1.165) is 4.90 Å². The number of fused-ring (bicyclic) bond motifs is 1. The maximum Gasteiger partial charge on any atom is 0.349 e. The number of nitrogens with zero attached hydrogens (tertiary/aromatic N) is 2. The smallest absolute Gasteiger partial charge is 0.349 e. The van der Waals surface area contributed by atoms with Gasteiger partial charge in [0.1, 0.15) is 11.5 Å². The molecule has 0 saturated carbocycles. The van der Waals surface area contributed by atoms with Gasteiger partial charge in [-0.1, -0.05) is 18.2 Å². The number of amides is 2. The van der Waals surface area contributed by atoms with Crippen molar-refractivity contribution in [3.8, 4) is 11.5 Å². The molecular formula is C22H14N2O7. The van der Waals surface area contributed by atoms with Gasteiger partial charge >= 0.3 is 5.97 Å². The zero-order chi connectivity index (χ0) is 22.0. The maximum atomic E-state index is 12.6. The molecule has 0 N–H and O–H groups in total. The number of carbonyl (C=O) groups excluding carboxylic acids is 3. The first-order valence-electron chi connectivity index (χ1n) is 9.10. The number of anilines is 1. The number of benzene rings is 3. The first-order chi connectivity index (χ1) is 14.9. The highest BCUT2D eigenvalue weighted by Gasteiger charge is 2.36. The molecule has 0 unspecified atom stereocenters. The summed E-state index contributed by atoms with van der Waals surface area (Å²) in [4.78, 5) is 48.4. The van der Waals surface area contributed by atoms with Crippen LogP contribution in [0.2, 0.25) is 0 Å². The average Bonchev–Trinajstić information content (AvgIpc) is 3.03. The molecular weight excluding hydrogens is 404 g/mol. The molecule has 0 aliphatic carbocycles. The number of ether oxygens (including phenoxy) is 2. The largest absolute Gasteiger partial charge is 0.482 e. The Labute approximate surface area is 175 Å². The van der Waals surface area contributed by atoms with Crippen molar-refractivity contribution in [1.82, 2.24) is 0 Å². The highest BCUT2D eigenvalue weighted by atomic mass is 16.6. The first-order valence-corrected chi connectivity index (χ1v) is 9.10. The van der Waals surface area contributed by atoms with Gasteiger partial charge in [0.15, 0.2) is 6.61 Å². The van der Waals surface area contributed by atoms with Gasteiger partial charge in [-0.3, -0.25) is 19.7 Å². The Morgan fingerprint density at radius 2 is 1.52 bits per heavy atom. The molecule has 0 radical (unpaired) electrons. The molecule has 1 aliphatic rings. The van der Waals surface area contributed by atoms with Crippen LogP contribution in [0, 0.1) is 10.1 Å². The van der Waals surface area contributed by atoms with E-state index in [1.54, 1.807) is 36.4 Å². The van der Waals surface area contributed by atoms with Crippen molar-refractivity contribution in [2.75, 3.05) is 11.5 Å². The molecule has 3 aromatic rings. The van der Waals surface area contributed by atoms with Gasteiger partial charge in [-0.2, -0.15) is 0 Å². The minimum absolute atomic E-state index is 0.0973. The van der Waals surface area contributed by atoms with Gasteiger partial charge in [0, 0.05) is 18.2 Å². The number of non-ortho nitro benzene ring substituents is 1. The number of hydrogen-bond acceptors (Lipinski definition) is 7. The van der Waals surface area contributed by atoms with Crippen LogP contribution in [-0.2, 0) is 4.79 Å². The van der Waals surface area contributed by atoms with E-state index in [2.05, 4.69) is 0 Å². The zero-order valence-electron chi connectivity index (χ0n) is 15.9. The van der Waals surface area contributed by atoms with E-state index in [4.69, 9.17) is 9.47 Å². The van der Waals surface area contributed by atoms with Crippen LogP contribution in [0.15, 0.2) is 72.8 Å². The highest BCUT2D eigenvalue weighted by molar-refractivity contribution is 6.34. The quantitative estimate of drug-likeness (QED) is 0.198. The van der Waals surface area contributed by atoms with E-state index in [0.29, 0.717) is 11.1 Å². The SMILES string of the molecule is O=C(COc1ccc([N+](=O)[O-])cc1)Oc1cccc(N2C(=O)c3ccccc3C2=O)c1. The summed E-state index contributed by atoms with van der Waals surface area (Å²) in [6, 6.07) is 17.8. The van der Waals surface area contributed by atoms with Gasteiger partial charge in [0.25, 0.3) is 17.5 Å². The summed E-state index contributed by atoms with van der Waals surface area (Å²) in [5.74, 6) is -1.23. The molecule has 1 heterocycles. The lowest BCUT2D eigenvalue weighted by atomic mass is 10.1. The first kappa shape index (κ1) is 19.8. The number of nitro benzene ring substituents is 1. The number of hydrogen-bond donors (Lipinski definition) is 0. The van der Waals surface area contributed by atoms with Crippen LogP contribution in [0.25, 0.3) is 0 Å². The van der Waals surface area contributed by atoms with Crippen LogP contribution < -0.4 is 14.4 Å². The Morgan fingerprint density at radius 3 is 2.13 bits per heavy atom. The molecule has 9 nitrogen and oxygen atoms in total. The Bertz CT molecular complexity index is 1170. The summed E-state index contributed by atoms with van der Waals surface area (Å²) in [6.07, 6.45) is 0. The van der Waals surface area contributed by atoms with Crippen molar-refractivity contribution >= 4 is 29.2 Å². The minimum Gasteiger partial charge on any atom is -0.482 e. The van der Waals surface area contributed by atoms with Gasteiger partial charge < -0.3 is 9.47 Å². The summed E-state index contributed by atoms with van der Waals surface area (Å²) < 4.78 is 10.5. The Kier molecular flexibility index (Phi) is 5.15. The molecule has 0 saturated heterocycles. The second-order valence-corrected chi connectivity index (χ2v) is 6.50. The summed E-state index contributed by atoms with van der Waals surface area (Å²) in [6.45, 7) is -0.435. The molecule has 9 heteroatoms. The number of imide groups is 1.